The Balaban J connectivity index is 1.78. The Labute approximate surface area is 86.5 Å². The standard InChI is InChI=1S/C12H21NO/c1-8-3-6-11(7-9(8)2)13-12(14)10-4-5-10/h8-11H,3-7H2,1-2H3,(H,13,14). The van der Waals surface area contributed by atoms with Crippen LogP contribution in [0.4, 0.5) is 0 Å². The van der Waals surface area contributed by atoms with Crippen molar-refractivity contribution in [2.75, 3.05) is 0 Å². The molecule has 2 nitrogen and oxygen atoms in total. The molecule has 0 aromatic heterocycles. The van der Waals surface area contributed by atoms with E-state index in [1.165, 1.54) is 19.3 Å². The zero-order valence-electron chi connectivity index (χ0n) is 9.25. The normalized spacial score (nSPS) is 38.0. The van der Waals surface area contributed by atoms with Gasteiger partial charge in [-0.05, 0) is 43.9 Å². The molecule has 80 valence electrons. The molecule has 2 rings (SSSR count). The Hall–Kier alpha value is -0.530. The van der Waals surface area contributed by atoms with Gasteiger partial charge in [-0.25, -0.2) is 0 Å². The molecule has 0 radical (unpaired) electrons. The summed E-state index contributed by atoms with van der Waals surface area (Å²) in [4.78, 5) is 11.6. The van der Waals surface area contributed by atoms with Crippen LogP contribution in [-0.4, -0.2) is 11.9 Å². The molecule has 1 amide bonds. The summed E-state index contributed by atoms with van der Waals surface area (Å²) in [7, 11) is 0. The SMILES string of the molecule is CC1CCC(NC(=O)C2CC2)CC1C. The molecule has 0 saturated heterocycles. The second-order valence-electron chi connectivity index (χ2n) is 5.25. The van der Waals surface area contributed by atoms with Crippen molar-refractivity contribution in [3.8, 4) is 0 Å². The maximum Gasteiger partial charge on any atom is 0.223 e. The molecule has 0 heterocycles. The van der Waals surface area contributed by atoms with Crippen LogP contribution in [0.25, 0.3) is 0 Å². The fourth-order valence-electron chi connectivity index (χ4n) is 2.34. The van der Waals surface area contributed by atoms with Gasteiger partial charge in [0.15, 0.2) is 0 Å². The Morgan fingerprint density at radius 1 is 1.07 bits per heavy atom. The van der Waals surface area contributed by atoms with Gasteiger partial charge < -0.3 is 5.32 Å². The fraction of sp³-hybridized carbons (Fsp3) is 0.917. The summed E-state index contributed by atoms with van der Waals surface area (Å²) >= 11 is 0. The van der Waals surface area contributed by atoms with E-state index in [0.29, 0.717) is 17.9 Å². The number of nitrogens with one attached hydrogen (secondary N) is 1. The van der Waals surface area contributed by atoms with Crippen LogP contribution >= 0.6 is 0 Å². The van der Waals surface area contributed by atoms with E-state index < -0.39 is 0 Å². The molecule has 0 bridgehead atoms. The minimum Gasteiger partial charge on any atom is -0.353 e. The van der Waals surface area contributed by atoms with Crippen molar-refractivity contribution in [1.29, 1.82) is 0 Å². The largest absolute Gasteiger partial charge is 0.353 e. The molecule has 0 spiro atoms. The van der Waals surface area contributed by atoms with E-state index in [1.807, 2.05) is 0 Å². The van der Waals surface area contributed by atoms with Gasteiger partial charge >= 0.3 is 0 Å². The van der Waals surface area contributed by atoms with Crippen LogP contribution in [0, 0.1) is 17.8 Å². The molecule has 3 atom stereocenters. The van der Waals surface area contributed by atoms with Gasteiger partial charge in [0.1, 0.15) is 0 Å². The summed E-state index contributed by atoms with van der Waals surface area (Å²) in [5.41, 5.74) is 0. The maximum atomic E-state index is 11.6. The maximum absolute atomic E-state index is 11.6. The quantitative estimate of drug-likeness (QED) is 0.720. The third-order valence-corrected chi connectivity index (χ3v) is 3.89. The summed E-state index contributed by atoms with van der Waals surface area (Å²) in [5, 5.41) is 3.19. The first-order valence-corrected chi connectivity index (χ1v) is 5.97. The average molecular weight is 195 g/mol. The van der Waals surface area contributed by atoms with E-state index in [-0.39, 0.29) is 0 Å². The molecule has 0 aliphatic heterocycles. The summed E-state index contributed by atoms with van der Waals surface area (Å²) in [6.07, 6.45) is 5.87. The molecular weight excluding hydrogens is 174 g/mol. The minimum atomic E-state index is 0.316. The van der Waals surface area contributed by atoms with E-state index in [9.17, 15) is 4.79 Å². The van der Waals surface area contributed by atoms with Crippen LogP contribution in [0.2, 0.25) is 0 Å². The van der Waals surface area contributed by atoms with Crippen molar-refractivity contribution in [3.63, 3.8) is 0 Å². The molecule has 2 heteroatoms. The van der Waals surface area contributed by atoms with Crippen LogP contribution < -0.4 is 5.32 Å². The average Bonchev–Trinajstić information content (AvgIpc) is 2.94. The summed E-state index contributed by atoms with van der Waals surface area (Å²) < 4.78 is 0. The highest BCUT2D eigenvalue weighted by atomic mass is 16.2. The molecule has 2 fully saturated rings. The van der Waals surface area contributed by atoms with Gasteiger partial charge in [0.05, 0.1) is 0 Å². The predicted molar refractivity (Wildman–Crippen MR) is 56.8 cm³/mol. The number of rotatable bonds is 2. The first-order valence-electron chi connectivity index (χ1n) is 5.97. The van der Waals surface area contributed by atoms with Crippen LogP contribution in [0.15, 0.2) is 0 Å². The third kappa shape index (κ3) is 2.28. The number of carbonyl (C=O) groups excluding carboxylic acids is 1. The highest BCUT2D eigenvalue weighted by molar-refractivity contribution is 5.81. The van der Waals surface area contributed by atoms with Gasteiger partial charge in [0.2, 0.25) is 5.91 Å². The smallest absolute Gasteiger partial charge is 0.223 e. The van der Waals surface area contributed by atoms with Gasteiger partial charge in [0, 0.05) is 12.0 Å². The number of hydrogen-bond donors (Lipinski definition) is 1. The molecule has 0 aromatic rings. The molecule has 2 saturated carbocycles. The van der Waals surface area contributed by atoms with E-state index in [0.717, 1.165) is 24.7 Å². The van der Waals surface area contributed by atoms with Crippen molar-refractivity contribution in [2.24, 2.45) is 17.8 Å². The fourth-order valence-corrected chi connectivity index (χ4v) is 2.34. The van der Waals surface area contributed by atoms with E-state index >= 15 is 0 Å². The lowest BCUT2D eigenvalue weighted by Gasteiger charge is -2.32. The third-order valence-electron chi connectivity index (χ3n) is 3.89. The molecule has 2 aliphatic carbocycles. The van der Waals surface area contributed by atoms with Crippen molar-refractivity contribution >= 4 is 5.91 Å². The van der Waals surface area contributed by atoms with Gasteiger partial charge in [-0.3, -0.25) is 4.79 Å². The van der Waals surface area contributed by atoms with E-state index in [2.05, 4.69) is 19.2 Å². The predicted octanol–water partition coefficient (Wildman–Crippen LogP) is 2.34. The van der Waals surface area contributed by atoms with Gasteiger partial charge in [-0.2, -0.15) is 0 Å². The molecule has 3 unspecified atom stereocenters. The zero-order valence-corrected chi connectivity index (χ0v) is 9.25. The summed E-state index contributed by atoms with van der Waals surface area (Å²) in [6.45, 7) is 4.63. The first-order chi connectivity index (χ1) is 6.66. The van der Waals surface area contributed by atoms with Crippen molar-refractivity contribution in [3.05, 3.63) is 0 Å². The number of carbonyl (C=O) groups is 1. The lowest BCUT2D eigenvalue weighted by Crippen LogP contribution is -2.40. The summed E-state index contributed by atoms with van der Waals surface area (Å²) in [6, 6.07) is 0.467. The van der Waals surface area contributed by atoms with Gasteiger partial charge in [-0.15, -0.1) is 0 Å². The molecule has 0 aromatic carbocycles. The molecular formula is C12H21NO. The van der Waals surface area contributed by atoms with Crippen LogP contribution in [-0.2, 0) is 4.79 Å². The second kappa shape index (κ2) is 3.92. The highest BCUT2D eigenvalue weighted by Gasteiger charge is 2.32. The Morgan fingerprint density at radius 2 is 1.79 bits per heavy atom. The topological polar surface area (TPSA) is 29.1 Å². The van der Waals surface area contributed by atoms with Crippen molar-refractivity contribution in [1.82, 2.24) is 5.32 Å². The zero-order chi connectivity index (χ0) is 10.1. The van der Waals surface area contributed by atoms with Crippen molar-refractivity contribution < 1.29 is 4.79 Å². The Kier molecular flexibility index (Phi) is 2.80. The van der Waals surface area contributed by atoms with E-state index in [4.69, 9.17) is 0 Å². The Bertz CT molecular complexity index is 222. The molecule has 2 aliphatic rings. The minimum absolute atomic E-state index is 0.316. The first kappa shape index (κ1) is 10.0. The van der Waals surface area contributed by atoms with Crippen LogP contribution in [0.1, 0.15) is 46.0 Å². The number of amides is 1. The van der Waals surface area contributed by atoms with E-state index in [1.54, 1.807) is 0 Å². The second-order valence-corrected chi connectivity index (χ2v) is 5.25. The summed E-state index contributed by atoms with van der Waals surface area (Å²) in [5.74, 6) is 2.29. The molecule has 14 heavy (non-hydrogen) atoms. The van der Waals surface area contributed by atoms with Crippen LogP contribution in [0.3, 0.4) is 0 Å². The lowest BCUT2D eigenvalue weighted by molar-refractivity contribution is -0.123. The molecule has 1 N–H and O–H groups in total. The van der Waals surface area contributed by atoms with Crippen molar-refractivity contribution in [2.45, 2.75) is 52.0 Å². The Morgan fingerprint density at radius 3 is 2.36 bits per heavy atom. The number of hydrogen-bond acceptors (Lipinski definition) is 1. The van der Waals surface area contributed by atoms with Crippen LogP contribution in [0.5, 0.6) is 0 Å². The van der Waals surface area contributed by atoms with Gasteiger partial charge in [0.25, 0.3) is 0 Å². The monoisotopic (exact) mass is 195 g/mol. The van der Waals surface area contributed by atoms with Gasteiger partial charge in [-0.1, -0.05) is 13.8 Å². The highest BCUT2D eigenvalue weighted by Crippen LogP contribution is 2.32. The lowest BCUT2D eigenvalue weighted by atomic mass is 9.79.